The molecule has 1 amide bonds. The van der Waals surface area contributed by atoms with Crippen molar-refractivity contribution in [3.05, 3.63) is 0 Å². The maximum absolute atomic E-state index is 11.7. The van der Waals surface area contributed by atoms with E-state index in [1.807, 2.05) is 0 Å². The predicted octanol–water partition coefficient (Wildman–Crippen LogP) is 1.95. The monoisotopic (exact) mass is 193 g/mol. The van der Waals surface area contributed by atoms with Crippen LogP contribution in [-0.2, 0) is 4.79 Å². The first-order valence-corrected chi connectivity index (χ1v) is 6.10. The predicted molar refractivity (Wildman–Crippen MR) is 54.7 cm³/mol. The Balaban J connectivity index is 1.41. The molecule has 0 spiro atoms. The minimum Gasteiger partial charge on any atom is -0.356 e. The molecule has 2 nitrogen and oxygen atoms in total. The van der Waals surface area contributed by atoms with Gasteiger partial charge in [0.05, 0.1) is 0 Å². The van der Waals surface area contributed by atoms with Crippen LogP contribution >= 0.6 is 0 Å². The number of rotatable bonds is 3. The van der Waals surface area contributed by atoms with Crippen LogP contribution in [0.4, 0.5) is 0 Å². The molecule has 78 valence electrons. The van der Waals surface area contributed by atoms with Crippen molar-refractivity contribution in [1.82, 2.24) is 5.32 Å². The highest BCUT2D eigenvalue weighted by atomic mass is 16.1. The average molecular weight is 193 g/mol. The van der Waals surface area contributed by atoms with Gasteiger partial charge in [-0.15, -0.1) is 0 Å². The molecule has 0 aromatic carbocycles. The lowest BCUT2D eigenvalue weighted by Crippen LogP contribution is -2.35. The highest BCUT2D eigenvalue weighted by molar-refractivity contribution is 5.79. The van der Waals surface area contributed by atoms with Crippen molar-refractivity contribution in [1.29, 1.82) is 0 Å². The highest BCUT2D eigenvalue weighted by Crippen LogP contribution is 2.54. The van der Waals surface area contributed by atoms with Crippen molar-refractivity contribution in [3.8, 4) is 0 Å². The molecule has 3 aliphatic rings. The zero-order valence-electron chi connectivity index (χ0n) is 8.67. The quantitative estimate of drug-likeness (QED) is 0.729. The zero-order valence-corrected chi connectivity index (χ0v) is 8.67. The molecule has 0 aromatic rings. The number of hydrogen-bond acceptors (Lipinski definition) is 1. The van der Waals surface area contributed by atoms with Crippen LogP contribution in [0.5, 0.6) is 0 Å². The lowest BCUT2D eigenvalue weighted by Gasteiger charge is -2.26. The minimum atomic E-state index is 0.351. The van der Waals surface area contributed by atoms with Crippen molar-refractivity contribution in [2.45, 2.75) is 38.5 Å². The highest BCUT2D eigenvalue weighted by Gasteiger charge is 2.47. The summed E-state index contributed by atoms with van der Waals surface area (Å²) >= 11 is 0. The van der Waals surface area contributed by atoms with Crippen LogP contribution in [0.1, 0.15) is 38.5 Å². The molecule has 3 saturated carbocycles. The van der Waals surface area contributed by atoms with E-state index in [4.69, 9.17) is 0 Å². The molecular formula is C12H19NO. The molecule has 3 fully saturated rings. The second-order valence-electron chi connectivity index (χ2n) is 5.47. The third-order valence-corrected chi connectivity index (χ3v) is 4.40. The van der Waals surface area contributed by atoms with E-state index in [9.17, 15) is 4.79 Å². The number of nitrogens with one attached hydrogen (secondary N) is 1. The van der Waals surface area contributed by atoms with Crippen molar-refractivity contribution in [2.24, 2.45) is 23.7 Å². The van der Waals surface area contributed by atoms with Crippen molar-refractivity contribution in [2.75, 3.05) is 6.54 Å². The van der Waals surface area contributed by atoms with Crippen LogP contribution in [-0.4, -0.2) is 12.5 Å². The summed E-state index contributed by atoms with van der Waals surface area (Å²) < 4.78 is 0. The van der Waals surface area contributed by atoms with Gasteiger partial charge in [-0.1, -0.05) is 6.42 Å². The molecular weight excluding hydrogens is 174 g/mol. The summed E-state index contributed by atoms with van der Waals surface area (Å²) in [5.74, 6) is 3.38. The molecule has 0 aliphatic heterocycles. The molecule has 2 atom stereocenters. The molecule has 0 heterocycles. The molecule has 3 rings (SSSR count). The van der Waals surface area contributed by atoms with Crippen LogP contribution in [0.25, 0.3) is 0 Å². The fourth-order valence-electron chi connectivity index (χ4n) is 3.02. The number of amides is 1. The number of fused-ring (bicyclic) bond motifs is 1. The first-order valence-electron chi connectivity index (χ1n) is 6.10. The molecule has 0 bridgehead atoms. The second-order valence-corrected chi connectivity index (χ2v) is 5.47. The SMILES string of the molecule is O=C(NCC1CCC1)C1CC2CC2C1. The van der Waals surface area contributed by atoms with Gasteiger partial charge in [0.1, 0.15) is 0 Å². The molecule has 2 heteroatoms. The van der Waals surface area contributed by atoms with Gasteiger partial charge in [-0.25, -0.2) is 0 Å². The third kappa shape index (κ3) is 1.55. The number of hydrogen-bond donors (Lipinski definition) is 1. The summed E-state index contributed by atoms with van der Waals surface area (Å²) in [6, 6.07) is 0. The molecule has 2 unspecified atom stereocenters. The Morgan fingerprint density at radius 1 is 1.14 bits per heavy atom. The van der Waals surface area contributed by atoms with E-state index in [0.29, 0.717) is 11.8 Å². The van der Waals surface area contributed by atoms with Gasteiger partial charge in [0.25, 0.3) is 0 Å². The lowest BCUT2D eigenvalue weighted by atomic mass is 9.85. The summed E-state index contributed by atoms with van der Waals surface area (Å²) in [5.41, 5.74) is 0. The van der Waals surface area contributed by atoms with Crippen molar-refractivity contribution >= 4 is 5.91 Å². The van der Waals surface area contributed by atoms with E-state index in [1.165, 1.54) is 38.5 Å². The van der Waals surface area contributed by atoms with E-state index in [2.05, 4.69) is 5.32 Å². The van der Waals surface area contributed by atoms with Gasteiger partial charge in [0.2, 0.25) is 5.91 Å². The van der Waals surface area contributed by atoms with E-state index in [1.54, 1.807) is 0 Å². The van der Waals surface area contributed by atoms with Crippen LogP contribution in [0.2, 0.25) is 0 Å². The Morgan fingerprint density at radius 3 is 2.43 bits per heavy atom. The average Bonchev–Trinajstić information content (AvgIpc) is 2.71. The van der Waals surface area contributed by atoms with E-state index in [-0.39, 0.29) is 0 Å². The van der Waals surface area contributed by atoms with E-state index in [0.717, 1.165) is 24.3 Å². The Hall–Kier alpha value is -0.530. The fourth-order valence-corrected chi connectivity index (χ4v) is 3.02. The normalized spacial score (nSPS) is 40.1. The third-order valence-electron chi connectivity index (χ3n) is 4.40. The largest absolute Gasteiger partial charge is 0.356 e. The van der Waals surface area contributed by atoms with Gasteiger partial charge in [0, 0.05) is 12.5 Å². The summed E-state index contributed by atoms with van der Waals surface area (Å²) in [6.45, 7) is 0.949. The first kappa shape index (κ1) is 8.75. The Kier molecular flexibility index (Phi) is 2.03. The van der Waals surface area contributed by atoms with E-state index < -0.39 is 0 Å². The summed E-state index contributed by atoms with van der Waals surface area (Å²) in [6.07, 6.45) is 7.80. The minimum absolute atomic E-state index is 0.351. The van der Waals surface area contributed by atoms with Gasteiger partial charge >= 0.3 is 0 Å². The van der Waals surface area contributed by atoms with E-state index >= 15 is 0 Å². The lowest BCUT2D eigenvalue weighted by molar-refractivity contribution is -0.125. The molecule has 1 N–H and O–H groups in total. The van der Waals surface area contributed by atoms with Crippen LogP contribution < -0.4 is 5.32 Å². The maximum Gasteiger partial charge on any atom is 0.223 e. The smallest absolute Gasteiger partial charge is 0.223 e. The zero-order chi connectivity index (χ0) is 9.54. The molecule has 0 saturated heterocycles. The molecule has 0 aromatic heterocycles. The summed E-state index contributed by atoms with van der Waals surface area (Å²) in [7, 11) is 0. The summed E-state index contributed by atoms with van der Waals surface area (Å²) in [5, 5.41) is 3.13. The van der Waals surface area contributed by atoms with Gasteiger partial charge < -0.3 is 5.32 Å². The standard InChI is InChI=1S/C12H19NO/c14-12(13-7-8-2-1-3-8)11-5-9-4-10(9)6-11/h8-11H,1-7H2,(H,13,14). The van der Waals surface area contributed by atoms with Crippen molar-refractivity contribution in [3.63, 3.8) is 0 Å². The van der Waals surface area contributed by atoms with Gasteiger partial charge in [-0.2, -0.15) is 0 Å². The molecule has 3 aliphatic carbocycles. The van der Waals surface area contributed by atoms with Gasteiger partial charge in [-0.05, 0) is 49.9 Å². The van der Waals surface area contributed by atoms with Gasteiger partial charge in [0.15, 0.2) is 0 Å². The molecule has 0 radical (unpaired) electrons. The van der Waals surface area contributed by atoms with Crippen LogP contribution in [0, 0.1) is 23.7 Å². The topological polar surface area (TPSA) is 29.1 Å². The Bertz CT molecular complexity index is 237. The maximum atomic E-state index is 11.7. The molecule has 14 heavy (non-hydrogen) atoms. The van der Waals surface area contributed by atoms with Crippen LogP contribution in [0.15, 0.2) is 0 Å². The van der Waals surface area contributed by atoms with Crippen LogP contribution in [0.3, 0.4) is 0 Å². The Morgan fingerprint density at radius 2 is 1.86 bits per heavy atom. The number of carbonyl (C=O) groups excluding carboxylic acids is 1. The number of carbonyl (C=O) groups is 1. The fraction of sp³-hybridized carbons (Fsp3) is 0.917. The first-order chi connectivity index (χ1) is 6.83. The van der Waals surface area contributed by atoms with Crippen molar-refractivity contribution < 1.29 is 4.79 Å². The van der Waals surface area contributed by atoms with Gasteiger partial charge in [-0.3, -0.25) is 4.79 Å². The second kappa shape index (κ2) is 3.25. The summed E-state index contributed by atoms with van der Waals surface area (Å²) in [4.78, 5) is 11.7. The Labute approximate surface area is 85.4 Å².